The van der Waals surface area contributed by atoms with Crippen LogP contribution in [0.5, 0.6) is 0 Å². The van der Waals surface area contributed by atoms with Crippen molar-refractivity contribution in [3.63, 3.8) is 0 Å². The Bertz CT molecular complexity index is 804. The minimum Gasteiger partial charge on any atom is -0.463 e. The maximum atomic E-state index is 12.2. The van der Waals surface area contributed by atoms with Gasteiger partial charge in [0.2, 0.25) is 0 Å². The third-order valence-corrected chi connectivity index (χ3v) is 4.19. The summed E-state index contributed by atoms with van der Waals surface area (Å²) in [6.07, 6.45) is 3.08. The summed E-state index contributed by atoms with van der Waals surface area (Å²) in [5.74, 6) is -0.253. The Morgan fingerprint density at radius 2 is 2.09 bits per heavy atom. The fraction of sp³-hybridized carbons (Fsp3) is 0.438. The largest absolute Gasteiger partial charge is 0.463 e. The van der Waals surface area contributed by atoms with Crippen LogP contribution in [0.15, 0.2) is 23.0 Å². The number of imidazole rings is 1. The van der Waals surface area contributed by atoms with Crippen LogP contribution in [0.1, 0.15) is 44.2 Å². The maximum Gasteiger partial charge on any atom is 0.326 e. The first-order chi connectivity index (χ1) is 10.6. The fourth-order valence-corrected chi connectivity index (χ4v) is 3.22. The fourth-order valence-electron chi connectivity index (χ4n) is 3.22. The van der Waals surface area contributed by atoms with Gasteiger partial charge in [-0.05, 0) is 43.9 Å². The number of carbonyl (C=O) groups excluding carboxylic acids is 1. The molecule has 114 valence electrons. The number of hydrogen-bond acceptors (Lipinski definition) is 4. The third kappa shape index (κ3) is 2.62. The van der Waals surface area contributed by atoms with E-state index in [0.717, 1.165) is 31.2 Å². The molecule has 1 saturated carbocycles. The van der Waals surface area contributed by atoms with Gasteiger partial charge in [-0.3, -0.25) is 9.36 Å². The van der Waals surface area contributed by atoms with Crippen LogP contribution in [-0.2, 0) is 9.53 Å². The molecule has 1 aromatic heterocycles. The summed E-state index contributed by atoms with van der Waals surface area (Å²) in [6, 6.07) is 7.39. The molecule has 1 aliphatic rings. The molecule has 0 amide bonds. The Labute approximate surface area is 127 Å². The van der Waals surface area contributed by atoms with Crippen molar-refractivity contribution in [1.82, 2.24) is 9.55 Å². The highest BCUT2D eigenvalue weighted by molar-refractivity contribution is 5.77. The molecule has 0 saturated heterocycles. The number of nitriles is 1. The van der Waals surface area contributed by atoms with Gasteiger partial charge in [-0.2, -0.15) is 5.26 Å². The zero-order valence-electron chi connectivity index (χ0n) is 12.3. The topological polar surface area (TPSA) is 87.9 Å². The summed E-state index contributed by atoms with van der Waals surface area (Å²) in [4.78, 5) is 26.1. The lowest BCUT2D eigenvalue weighted by Crippen LogP contribution is -2.29. The molecule has 0 radical (unpaired) electrons. The second-order valence-electron chi connectivity index (χ2n) is 5.68. The Hall–Kier alpha value is -2.55. The number of fused-ring (bicyclic) bond motifs is 1. The number of aromatic nitrogens is 2. The zero-order chi connectivity index (χ0) is 15.7. The number of aromatic amines is 1. The second kappa shape index (κ2) is 5.68. The van der Waals surface area contributed by atoms with Gasteiger partial charge in [0.05, 0.1) is 22.7 Å². The predicted molar refractivity (Wildman–Crippen MR) is 80.3 cm³/mol. The van der Waals surface area contributed by atoms with Gasteiger partial charge in [0.25, 0.3) is 0 Å². The minimum atomic E-state index is -0.253. The van der Waals surface area contributed by atoms with E-state index in [9.17, 15) is 9.59 Å². The zero-order valence-corrected chi connectivity index (χ0v) is 12.3. The maximum absolute atomic E-state index is 12.2. The standard InChI is InChI=1S/C16H17N3O3/c1-10(20)22-13-5-3-12(4-6-13)19-15-7-2-11(9-17)8-14(15)18-16(19)21/h2,7-8,12-13H,3-6H2,1H3,(H,18,21)/t12-,13-. The molecule has 6 nitrogen and oxygen atoms in total. The quantitative estimate of drug-likeness (QED) is 0.861. The molecular weight excluding hydrogens is 282 g/mol. The first-order valence-corrected chi connectivity index (χ1v) is 7.40. The summed E-state index contributed by atoms with van der Waals surface area (Å²) in [5, 5.41) is 8.93. The highest BCUT2D eigenvalue weighted by atomic mass is 16.5. The van der Waals surface area contributed by atoms with Crippen molar-refractivity contribution >= 4 is 17.0 Å². The van der Waals surface area contributed by atoms with Gasteiger partial charge in [-0.1, -0.05) is 0 Å². The number of rotatable bonds is 2. The number of carbonyl (C=O) groups is 1. The molecule has 1 heterocycles. The molecule has 0 aliphatic heterocycles. The van der Waals surface area contributed by atoms with Gasteiger partial charge in [-0.15, -0.1) is 0 Å². The number of nitrogens with one attached hydrogen (secondary N) is 1. The summed E-state index contributed by atoms with van der Waals surface area (Å²) < 4.78 is 7.00. The molecule has 22 heavy (non-hydrogen) atoms. The van der Waals surface area contributed by atoms with Crippen LogP contribution < -0.4 is 5.69 Å². The van der Waals surface area contributed by atoms with Crippen molar-refractivity contribution in [1.29, 1.82) is 5.26 Å². The summed E-state index contributed by atoms with van der Waals surface area (Å²) >= 11 is 0. The van der Waals surface area contributed by atoms with Crippen molar-refractivity contribution in [3.05, 3.63) is 34.2 Å². The molecule has 0 bridgehead atoms. The predicted octanol–water partition coefficient (Wildman–Crippen LogP) is 2.25. The smallest absolute Gasteiger partial charge is 0.326 e. The lowest BCUT2D eigenvalue weighted by Gasteiger charge is -2.28. The molecular formula is C16H17N3O3. The van der Waals surface area contributed by atoms with Gasteiger partial charge in [0.15, 0.2) is 0 Å². The molecule has 0 unspecified atom stereocenters. The molecule has 1 aromatic carbocycles. The lowest BCUT2D eigenvalue weighted by molar-refractivity contribution is -0.148. The Morgan fingerprint density at radius 1 is 1.36 bits per heavy atom. The Balaban J connectivity index is 1.86. The van der Waals surface area contributed by atoms with E-state index in [1.165, 1.54) is 6.92 Å². The molecule has 1 aliphatic carbocycles. The van der Waals surface area contributed by atoms with Crippen LogP contribution in [0, 0.1) is 11.3 Å². The van der Waals surface area contributed by atoms with E-state index in [-0.39, 0.29) is 23.8 Å². The van der Waals surface area contributed by atoms with Gasteiger partial charge < -0.3 is 9.72 Å². The molecule has 0 spiro atoms. The van der Waals surface area contributed by atoms with Crippen LogP contribution in [0.2, 0.25) is 0 Å². The molecule has 6 heteroatoms. The monoisotopic (exact) mass is 299 g/mol. The average molecular weight is 299 g/mol. The molecule has 3 rings (SSSR count). The summed E-state index contributed by atoms with van der Waals surface area (Å²) in [7, 11) is 0. The van der Waals surface area contributed by atoms with E-state index in [1.54, 1.807) is 16.7 Å². The minimum absolute atomic E-state index is 0.0418. The Morgan fingerprint density at radius 3 is 2.73 bits per heavy atom. The van der Waals surface area contributed by atoms with E-state index < -0.39 is 0 Å². The van der Waals surface area contributed by atoms with E-state index in [0.29, 0.717) is 11.1 Å². The van der Waals surface area contributed by atoms with Gasteiger partial charge in [-0.25, -0.2) is 4.79 Å². The van der Waals surface area contributed by atoms with E-state index in [2.05, 4.69) is 11.1 Å². The van der Waals surface area contributed by atoms with Crippen LogP contribution in [0.25, 0.3) is 11.0 Å². The van der Waals surface area contributed by atoms with E-state index in [4.69, 9.17) is 10.00 Å². The average Bonchev–Trinajstić information content (AvgIpc) is 2.82. The number of H-pyrrole nitrogens is 1. The number of esters is 1. The third-order valence-electron chi connectivity index (χ3n) is 4.19. The van der Waals surface area contributed by atoms with Crippen molar-refractivity contribution in [2.24, 2.45) is 0 Å². The van der Waals surface area contributed by atoms with Crippen molar-refractivity contribution in [2.45, 2.75) is 44.8 Å². The van der Waals surface area contributed by atoms with Gasteiger partial charge in [0, 0.05) is 13.0 Å². The summed E-state index contributed by atoms with van der Waals surface area (Å²) in [5.41, 5.74) is 1.88. The molecule has 1 N–H and O–H groups in total. The molecule has 2 aromatic rings. The number of hydrogen-bond donors (Lipinski definition) is 1. The van der Waals surface area contributed by atoms with Crippen molar-refractivity contribution < 1.29 is 9.53 Å². The van der Waals surface area contributed by atoms with E-state index in [1.807, 2.05) is 6.07 Å². The highest BCUT2D eigenvalue weighted by Crippen LogP contribution is 2.31. The van der Waals surface area contributed by atoms with Gasteiger partial charge >= 0.3 is 11.7 Å². The molecule has 0 atom stereocenters. The SMILES string of the molecule is CC(=O)O[C@H]1CC[C@H](n2c(=O)[nH]c3cc(C#N)ccc32)CC1. The number of benzene rings is 1. The van der Waals surface area contributed by atoms with Gasteiger partial charge in [0.1, 0.15) is 6.10 Å². The normalized spacial score (nSPS) is 21.5. The van der Waals surface area contributed by atoms with Crippen molar-refractivity contribution in [3.8, 4) is 6.07 Å². The second-order valence-corrected chi connectivity index (χ2v) is 5.68. The van der Waals surface area contributed by atoms with E-state index >= 15 is 0 Å². The Kier molecular flexibility index (Phi) is 3.72. The lowest BCUT2D eigenvalue weighted by atomic mass is 9.92. The number of nitrogens with zero attached hydrogens (tertiary/aromatic N) is 2. The summed E-state index contributed by atoms with van der Waals surface area (Å²) in [6.45, 7) is 1.42. The van der Waals surface area contributed by atoms with Crippen molar-refractivity contribution in [2.75, 3.05) is 0 Å². The van der Waals surface area contributed by atoms with Crippen LogP contribution in [0.3, 0.4) is 0 Å². The van der Waals surface area contributed by atoms with Crippen LogP contribution >= 0.6 is 0 Å². The van der Waals surface area contributed by atoms with Crippen LogP contribution in [0.4, 0.5) is 0 Å². The number of ether oxygens (including phenoxy) is 1. The first kappa shape index (κ1) is 14.4. The van der Waals surface area contributed by atoms with Crippen LogP contribution in [-0.4, -0.2) is 21.6 Å². The highest BCUT2D eigenvalue weighted by Gasteiger charge is 2.26. The molecule has 1 fully saturated rings. The first-order valence-electron chi connectivity index (χ1n) is 7.40.